The third-order valence-corrected chi connectivity index (χ3v) is 3.76. The molecule has 0 radical (unpaired) electrons. The maximum absolute atomic E-state index is 10.0. The van der Waals surface area contributed by atoms with Crippen molar-refractivity contribution < 1.29 is 5.11 Å². The Kier molecular flexibility index (Phi) is 3.99. The summed E-state index contributed by atoms with van der Waals surface area (Å²) in [5.74, 6) is 0. The second-order valence-corrected chi connectivity index (χ2v) is 5.89. The Morgan fingerprint density at radius 2 is 2.18 bits per heavy atom. The van der Waals surface area contributed by atoms with Crippen LogP contribution in [0.4, 0.5) is 0 Å². The molecule has 1 unspecified atom stereocenters. The predicted molar refractivity (Wildman–Crippen MR) is 71.6 cm³/mol. The van der Waals surface area contributed by atoms with Crippen molar-refractivity contribution in [2.45, 2.75) is 31.9 Å². The number of nitrogens with zero attached hydrogens (tertiary/aromatic N) is 1. The summed E-state index contributed by atoms with van der Waals surface area (Å²) in [6, 6.07) is 5.51. The number of hydrogen-bond acceptors (Lipinski definition) is 2. The van der Waals surface area contributed by atoms with E-state index >= 15 is 0 Å². The van der Waals surface area contributed by atoms with Crippen LogP contribution in [0.5, 0.6) is 0 Å². The Balaban J connectivity index is 2.07. The molecule has 1 saturated heterocycles. The highest BCUT2D eigenvalue weighted by molar-refractivity contribution is 6.33. The Hall–Kier alpha value is -0.280. The van der Waals surface area contributed by atoms with Crippen LogP contribution in [0.2, 0.25) is 10.0 Å². The maximum atomic E-state index is 10.0. The van der Waals surface area contributed by atoms with Crippen LogP contribution in [-0.4, -0.2) is 28.7 Å². The van der Waals surface area contributed by atoms with E-state index in [0.717, 1.165) is 36.5 Å². The highest BCUT2D eigenvalue weighted by Gasteiger charge is 2.28. The van der Waals surface area contributed by atoms with E-state index in [9.17, 15) is 5.11 Å². The van der Waals surface area contributed by atoms with E-state index in [1.165, 1.54) is 0 Å². The van der Waals surface area contributed by atoms with E-state index in [2.05, 4.69) is 4.90 Å². The van der Waals surface area contributed by atoms with Gasteiger partial charge in [0.25, 0.3) is 0 Å². The topological polar surface area (TPSA) is 23.5 Å². The molecule has 4 heteroatoms. The van der Waals surface area contributed by atoms with Crippen LogP contribution in [0.25, 0.3) is 0 Å². The van der Waals surface area contributed by atoms with Crippen LogP contribution < -0.4 is 0 Å². The summed E-state index contributed by atoms with van der Waals surface area (Å²) < 4.78 is 0. The molecule has 17 heavy (non-hydrogen) atoms. The van der Waals surface area contributed by atoms with Gasteiger partial charge in [-0.25, -0.2) is 0 Å². The van der Waals surface area contributed by atoms with Gasteiger partial charge < -0.3 is 5.11 Å². The van der Waals surface area contributed by atoms with Gasteiger partial charge in [0, 0.05) is 23.1 Å². The minimum absolute atomic E-state index is 0.580. The van der Waals surface area contributed by atoms with Crippen molar-refractivity contribution in [1.29, 1.82) is 0 Å². The van der Waals surface area contributed by atoms with Crippen LogP contribution in [0.1, 0.15) is 25.3 Å². The van der Waals surface area contributed by atoms with Crippen LogP contribution >= 0.6 is 23.2 Å². The minimum atomic E-state index is -0.580. The van der Waals surface area contributed by atoms with Gasteiger partial charge in [-0.3, -0.25) is 4.90 Å². The molecule has 0 bridgehead atoms. The van der Waals surface area contributed by atoms with Gasteiger partial charge in [0.2, 0.25) is 0 Å². The lowest BCUT2D eigenvalue weighted by atomic mass is 9.95. The molecular weight excluding hydrogens is 257 g/mol. The van der Waals surface area contributed by atoms with Crippen molar-refractivity contribution in [2.24, 2.45) is 0 Å². The van der Waals surface area contributed by atoms with Crippen LogP contribution in [-0.2, 0) is 6.54 Å². The third kappa shape index (κ3) is 3.59. The number of benzene rings is 1. The zero-order valence-electron chi connectivity index (χ0n) is 9.92. The number of β-amino-alcohol motifs (C(OH)–C–C–N with tert-alkyl or cyclic N) is 1. The fraction of sp³-hybridized carbons (Fsp3) is 0.538. The fourth-order valence-electron chi connectivity index (χ4n) is 2.36. The summed E-state index contributed by atoms with van der Waals surface area (Å²) in [7, 11) is 0. The smallest absolute Gasteiger partial charge is 0.0746 e. The largest absolute Gasteiger partial charge is 0.389 e. The molecule has 2 nitrogen and oxygen atoms in total. The van der Waals surface area contributed by atoms with Gasteiger partial charge in [0.15, 0.2) is 0 Å². The first-order valence-corrected chi connectivity index (χ1v) is 6.60. The van der Waals surface area contributed by atoms with E-state index in [0.29, 0.717) is 11.6 Å². The second-order valence-electron chi connectivity index (χ2n) is 5.05. The highest BCUT2D eigenvalue weighted by atomic mass is 35.5. The molecule has 0 saturated carbocycles. The highest BCUT2D eigenvalue weighted by Crippen LogP contribution is 2.26. The molecule has 0 amide bonds. The van der Waals surface area contributed by atoms with Crippen LogP contribution in [0.15, 0.2) is 18.2 Å². The average molecular weight is 274 g/mol. The molecule has 0 aromatic heterocycles. The van der Waals surface area contributed by atoms with Gasteiger partial charge >= 0.3 is 0 Å². The van der Waals surface area contributed by atoms with Crippen LogP contribution in [0.3, 0.4) is 0 Å². The van der Waals surface area contributed by atoms with E-state index in [-0.39, 0.29) is 0 Å². The van der Waals surface area contributed by atoms with Gasteiger partial charge in [-0.05, 0) is 50.1 Å². The molecular formula is C13H17Cl2NO. The van der Waals surface area contributed by atoms with Gasteiger partial charge in [0.05, 0.1) is 5.60 Å². The Morgan fingerprint density at radius 3 is 2.88 bits per heavy atom. The van der Waals surface area contributed by atoms with E-state index < -0.39 is 5.60 Å². The molecule has 1 aliphatic heterocycles. The predicted octanol–water partition coefficient (Wildman–Crippen LogP) is 3.34. The van der Waals surface area contributed by atoms with Crippen molar-refractivity contribution >= 4 is 23.2 Å². The van der Waals surface area contributed by atoms with Gasteiger partial charge in [-0.1, -0.05) is 23.2 Å². The second kappa shape index (κ2) is 5.15. The first kappa shape index (κ1) is 13.2. The summed E-state index contributed by atoms with van der Waals surface area (Å²) in [5, 5.41) is 11.5. The number of hydrogen-bond donors (Lipinski definition) is 1. The molecule has 0 spiro atoms. The molecule has 1 atom stereocenters. The summed E-state index contributed by atoms with van der Waals surface area (Å²) in [6.45, 7) is 4.32. The molecule has 2 rings (SSSR count). The normalized spacial score (nSPS) is 26.1. The SMILES string of the molecule is CC1(O)CCCN(Cc2cc(Cl)ccc2Cl)C1. The number of rotatable bonds is 2. The lowest BCUT2D eigenvalue weighted by molar-refractivity contribution is -0.0181. The van der Waals surface area contributed by atoms with Crippen molar-refractivity contribution in [3.8, 4) is 0 Å². The van der Waals surface area contributed by atoms with Crippen molar-refractivity contribution in [3.05, 3.63) is 33.8 Å². The molecule has 1 aromatic rings. The molecule has 1 aromatic carbocycles. The van der Waals surface area contributed by atoms with Crippen molar-refractivity contribution in [3.63, 3.8) is 0 Å². The molecule has 94 valence electrons. The van der Waals surface area contributed by atoms with E-state index in [1.54, 1.807) is 6.07 Å². The molecule has 1 N–H and O–H groups in total. The molecule has 1 aliphatic rings. The lowest BCUT2D eigenvalue weighted by Crippen LogP contribution is -2.45. The zero-order chi connectivity index (χ0) is 12.5. The average Bonchev–Trinajstić information content (AvgIpc) is 2.22. The lowest BCUT2D eigenvalue weighted by Gasteiger charge is -2.37. The number of aliphatic hydroxyl groups is 1. The number of halogens is 2. The van der Waals surface area contributed by atoms with Crippen molar-refractivity contribution in [1.82, 2.24) is 4.90 Å². The standard InChI is InChI=1S/C13H17Cl2NO/c1-13(17)5-2-6-16(9-13)8-10-7-11(14)3-4-12(10)15/h3-4,7,17H,2,5-6,8-9H2,1H3. The zero-order valence-corrected chi connectivity index (χ0v) is 11.4. The number of piperidine rings is 1. The van der Waals surface area contributed by atoms with Crippen molar-refractivity contribution in [2.75, 3.05) is 13.1 Å². The quantitative estimate of drug-likeness (QED) is 0.894. The van der Waals surface area contributed by atoms with E-state index in [1.807, 2.05) is 19.1 Å². The Bertz CT molecular complexity index is 406. The minimum Gasteiger partial charge on any atom is -0.389 e. The third-order valence-electron chi connectivity index (χ3n) is 3.16. The van der Waals surface area contributed by atoms with Gasteiger partial charge in [-0.15, -0.1) is 0 Å². The molecule has 0 aliphatic carbocycles. The van der Waals surface area contributed by atoms with Gasteiger partial charge in [-0.2, -0.15) is 0 Å². The maximum Gasteiger partial charge on any atom is 0.0746 e. The summed E-state index contributed by atoms with van der Waals surface area (Å²) >= 11 is 12.1. The summed E-state index contributed by atoms with van der Waals surface area (Å²) in [4.78, 5) is 2.22. The Morgan fingerprint density at radius 1 is 1.41 bits per heavy atom. The molecule has 1 heterocycles. The Labute approximate surface area is 112 Å². The fourth-order valence-corrected chi connectivity index (χ4v) is 2.74. The summed E-state index contributed by atoms with van der Waals surface area (Å²) in [5.41, 5.74) is 0.445. The summed E-state index contributed by atoms with van der Waals surface area (Å²) in [6.07, 6.45) is 1.89. The van der Waals surface area contributed by atoms with Crippen LogP contribution in [0, 0.1) is 0 Å². The monoisotopic (exact) mass is 273 g/mol. The first-order valence-electron chi connectivity index (χ1n) is 5.85. The molecule has 1 fully saturated rings. The van der Waals surface area contributed by atoms with Gasteiger partial charge in [0.1, 0.15) is 0 Å². The number of likely N-dealkylation sites (tertiary alicyclic amines) is 1. The van der Waals surface area contributed by atoms with E-state index in [4.69, 9.17) is 23.2 Å². The first-order chi connectivity index (χ1) is 7.96.